The first-order chi connectivity index (χ1) is 26.0. The van der Waals surface area contributed by atoms with E-state index < -0.39 is 10.8 Å². The van der Waals surface area contributed by atoms with E-state index in [2.05, 4.69) is 24.3 Å². The number of nitro benzene ring substituents is 1. The van der Waals surface area contributed by atoms with Gasteiger partial charge in [-0.25, -0.2) is 0 Å². The van der Waals surface area contributed by atoms with Crippen molar-refractivity contribution in [2.75, 3.05) is 58.2 Å². The maximum absolute atomic E-state index is 13.8. The van der Waals surface area contributed by atoms with Gasteiger partial charge in [0.2, 0.25) is 5.91 Å². The van der Waals surface area contributed by atoms with Crippen LogP contribution in [0.5, 0.6) is 11.5 Å². The number of benzene rings is 4. The Bertz CT molecular complexity index is 1960. The number of carbonyl (C=O) groups excluding carboxylic acids is 3. The van der Waals surface area contributed by atoms with Crippen LogP contribution in [0.15, 0.2) is 84.9 Å². The molecule has 4 aromatic carbocycles. The monoisotopic (exact) mass is 735 g/mol. The van der Waals surface area contributed by atoms with Gasteiger partial charge in [-0.15, -0.1) is 0 Å². The standard InChI is InChI=1S/C42H49N5O7/c1-29-14-21-37(39(27-29)54-26-10-6-7-13-40(48)46-24-22-32(23-25-46)44(2)3)45(4)42(50)31-17-20-36(38(28-31)53-5)43-41(49)35-12-9-8-11-34(35)30-15-18-33(19-16-30)47(51)52/h8-9,11-12,14-21,27-28,32H,6-7,10,13,22-26H2,1-5H3,(H,43,49). The van der Waals surface area contributed by atoms with E-state index in [1.807, 2.05) is 30.0 Å². The number of unbranched alkanes of at least 4 members (excludes halogenated alkanes) is 2. The van der Waals surface area contributed by atoms with E-state index in [4.69, 9.17) is 9.47 Å². The second-order valence-corrected chi connectivity index (χ2v) is 13.8. The fourth-order valence-corrected chi connectivity index (χ4v) is 6.66. The van der Waals surface area contributed by atoms with Gasteiger partial charge in [0.05, 0.1) is 30.0 Å². The van der Waals surface area contributed by atoms with Crippen molar-refractivity contribution in [1.82, 2.24) is 9.80 Å². The summed E-state index contributed by atoms with van der Waals surface area (Å²) in [4.78, 5) is 56.4. The lowest BCUT2D eigenvalue weighted by Crippen LogP contribution is -2.44. The summed E-state index contributed by atoms with van der Waals surface area (Å²) in [7, 11) is 7.34. The molecule has 4 aromatic rings. The molecule has 0 unspecified atom stereocenters. The molecule has 12 heteroatoms. The average molecular weight is 736 g/mol. The molecule has 3 amide bonds. The Kier molecular flexibility index (Phi) is 13.4. The van der Waals surface area contributed by atoms with Crippen LogP contribution in [-0.2, 0) is 4.79 Å². The fourth-order valence-electron chi connectivity index (χ4n) is 6.66. The number of piperidine rings is 1. The van der Waals surface area contributed by atoms with E-state index in [-0.39, 0.29) is 17.5 Å². The molecular weight excluding hydrogens is 686 g/mol. The topological polar surface area (TPSA) is 135 Å². The molecule has 0 aromatic heterocycles. The number of hydrogen-bond donors (Lipinski definition) is 1. The average Bonchev–Trinajstić information content (AvgIpc) is 3.18. The van der Waals surface area contributed by atoms with Crippen LogP contribution < -0.4 is 19.7 Å². The summed E-state index contributed by atoms with van der Waals surface area (Å²) in [6.07, 6.45) is 5.03. The Balaban J connectivity index is 1.18. The van der Waals surface area contributed by atoms with Crippen molar-refractivity contribution in [3.63, 3.8) is 0 Å². The predicted octanol–water partition coefficient (Wildman–Crippen LogP) is 7.60. The number of nitro groups is 1. The first-order valence-electron chi connectivity index (χ1n) is 18.3. The quantitative estimate of drug-likeness (QED) is 0.0750. The zero-order chi connectivity index (χ0) is 38.8. The van der Waals surface area contributed by atoms with Crippen LogP contribution in [-0.4, -0.2) is 86.4 Å². The van der Waals surface area contributed by atoms with Gasteiger partial charge in [0, 0.05) is 55.9 Å². The van der Waals surface area contributed by atoms with Crippen LogP contribution in [0.25, 0.3) is 11.1 Å². The highest BCUT2D eigenvalue weighted by Gasteiger charge is 2.24. The lowest BCUT2D eigenvalue weighted by molar-refractivity contribution is -0.384. The molecule has 12 nitrogen and oxygen atoms in total. The first kappa shape index (κ1) is 39.5. The molecule has 0 spiro atoms. The minimum Gasteiger partial charge on any atom is -0.495 e. The molecule has 54 heavy (non-hydrogen) atoms. The van der Waals surface area contributed by atoms with E-state index >= 15 is 0 Å². The molecule has 5 rings (SSSR count). The number of non-ortho nitro benzene ring substituents is 1. The summed E-state index contributed by atoms with van der Waals surface area (Å²) in [5.41, 5.74) is 3.91. The summed E-state index contributed by atoms with van der Waals surface area (Å²) >= 11 is 0. The normalized spacial score (nSPS) is 13.0. The van der Waals surface area contributed by atoms with E-state index in [1.165, 1.54) is 24.1 Å². The van der Waals surface area contributed by atoms with Crippen LogP contribution in [0.3, 0.4) is 0 Å². The second kappa shape index (κ2) is 18.3. The van der Waals surface area contributed by atoms with Gasteiger partial charge >= 0.3 is 0 Å². The molecule has 1 fully saturated rings. The largest absolute Gasteiger partial charge is 0.495 e. The molecule has 1 N–H and O–H groups in total. The number of ether oxygens (including phenoxy) is 2. The van der Waals surface area contributed by atoms with Crippen molar-refractivity contribution in [2.45, 2.75) is 51.5 Å². The van der Waals surface area contributed by atoms with Crippen molar-refractivity contribution in [2.24, 2.45) is 0 Å². The third-order valence-electron chi connectivity index (χ3n) is 9.88. The maximum Gasteiger partial charge on any atom is 0.269 e. The highest BCUT2D eigenvalue weighted by atomic mass is 16.6. The van der Waals surface area contributed by atoms with Crippen molar-refractivity contribution >= 4 is 34.8 Å². The van der Waals surface area contributed by atoms with Gasteiger partial charge in [-0.2, -0.15) is 0 Å². The molecule has 0 saturated carbocycles. The molecular formula is C42H49N5O7. The third-order valence-corrected chi connectivity index (χ3v) is 9.88. The molecule has 1 saturated heterocycles. The van der Waals surface area contributed by atoms with E-state index in [0.717, 1.165) is 50.8 Å². The zero-order valence-corrected chi connectivity index (χ0v) is 31.7. The molecule has 1 aliphatic heterocycles. The lowest BCUT2D eigenvalue weighted by atomic mass is 9.99. The molecule has 284 valence electrons. The molecule has 0 bridgehead atoms. The van der Waals surface area contributed by atoms with Gasteiger partial charge in [-0.05, 0) is 118 Å². The smallest absolute Gasteiger partial charge is 0.269 e. The Hall–Kier alpha value is -5.75. The summed E-state index contributed by atoms with van der Waals surface area (Å²) < 4.78 is 11.8. The molecule has 0 atom stereocenters. The van der Waals surface area contributed by atoms with Gasteiger partial charge in [-0.1, -0.05) is 24.3 Å². The number of likely N-dealkylation sites (tertiary alicyclic amines) is 1. The minimum absolute atomic E-state index is 0.0421. The van der Waals surface area contributed by atoms with Crippen molar-refractivity contribution < 1.29 is 28.8 Å². The zero-order valence-electron chi connectivity index (χ0n) is 31.7. The van der Waals surface area contributed by atoms with Gasteiger partial charge in [0.25, 0.3) is 17.5 Å². The number of carbonyl (C=O) groups is 3. The Labute approximate surface area is 316 Å². The van der Waals surface area contributed by atoms with Gasteiger partial charge in [0.15, 0.2) is 0 Å². The third kappa shape index (κ3) is 9.81. The van der Waals surface area contributed by atoms with Crippen LogP contribution in [0, 0.1) is 17.0 Å². The molecule has 0 radical (unpaired) electrons. The SMILES string of the molecule is COc1cc(C(=O)N(C)c2ccc(C)cc2OCCCCCC(=O)N2CCC(N(C)C)CC2)ccc1NC(=O)c1ccccc1-c1ccc([N+](=O)[O-])cc1. The number of aryl methyl sites for hydroxylation is 1. The molecule has 0 aliphatic carbocycles. The van der Waals surface area contributed by atoms with Gasteiger partial charge < -0.3 is 29.5 Å². The minimum atomic E-state index is -0.472. The first-order valence-corrected chi connectivity index (χ1v) is 18.3. The van der Waals surface area contributed by atoms with E-state index in [9.17, 15) is 24.5 Å². The summed E-state index contributed by atoms with van der Waals surface area (Å²) in [5.74, 6) is 0.412. The Morgan fingerprint density at radius 2 is 1.61 bits per heavy atom. The van der Waals surface area contributed by atoms with Crippen LogP contribution >= 0.6 is 0 Å². The molecule has 1 aliphatic rings. The van der Waals surface area contributed by atoms with Crippen LogP contribution in [0.2, 0.25) is 0 Å². The van der Waals surface area contributed by atoms with Crippen molar-refractivity contribution in [3.05, 3.63) is 112 Å². The Morgan fingerprint density at radius 1 is 0.889 bits per heavy atom. The van der Waals surface area contributed by atoms with Crippen LogP contribution in [0.4, 0.5) is 17.1 Å². The predicted molar refractivity (Wildman–Crippen MR) is 211 cm³/mol. The number of hydrogen-bond acceptors (Lipinski definition) is 8. The maximum atomic E-state index is 13.8. The number of methoxy groups -OCH3 is 1. The van der Waals surface area contributed by atoms with E-state index in [0.29, 0.717) is 64.2 Å². The summed E-state index contributed by atoms with van der Waals surface area (Å²) in [6.45, 7) is 4.07. The number of amides is 3. The number of rotatable bonds is 15. The fraction of sp³-hybridized carbons (Fsp3) is 0.357. The van der Waals surface area contributed by atoms with Crippen molar-refractivity contribution in [3.8, 4) is 22.6 Å². The number of anilines is 2. The van der Waals surface area contributed by atoms with Crippen LogP contribution in [0.1, 0.15) is 64.8 Å². The second-order valence-electron chi connectivity index (χ2n) is 13.8. The number of nitrogens with one attached hydrogen (secondary N) is 1. The highest BCUT2D eigenvalue weighted by Crippen LogP contribution is 2.33. The summed E-state index contributed by atoms with van der Waals surface area (Å²) in [5, 5.41) is 14.0. The van der Waals surface area contributed by atoms with Gasteiger partial charge in [0.1, 0.15) is 11.5 Å². The van der Waals surface area contributed by atoms with Crippen molar-refractivity contribution in [1.29, 1.82) is 0 Å². The van der Waals surface area contributed by atoms with Gasteiger partial charge in [-0.3, -0.25) is 24.5 Å². The lowest BCUT2D eigenvalue weighted by Gasteiger charge is -2.35. The molecule has 1 heterocycles. The highest BCUT2D eigenvalue weighted by molar-refractivity contribution is 6.10. The summed E-state index contributed by atoms with van der Waals surface area (Å²) in [6, 6.07) is 24.0. The number of nitrogens with zero attached hydrogens (tertiary/aromatic N) is 4. The van der Waals surface area contributed by atoms with E-state index in [1.54, 1.807) is 61.6 Å². The Morgan fingerprint density at radius 3 is 2.30 bits per heavy atom.